The molecule has 29 heavy (non-hydrogen) atoms. The van der Waals surface area contributed by atoms with Crippen molar-refractivity contribution in [2.75, 3.05) is 32.1 Å². The van der Waals surface area contributed by atoms with E-state index in [2.05, 4.69) is 15.5 Å². The van der Waals surface area contributed by atoms with Crippen molar-refractivity contribution in [3.63, 3.8) is 0 Å². The Labute approximate surface area is 168 Å². The highest BCUT2D eigenvalue weighted by molar-refractivity contribution is 5.74. The first kappa shape index (κ1) is 20.5. The number of benzene rings is 2. The summed E-state index contributed by atoms with van der Waals surface area (Å²) in [5.41, 5.74) is 3.49. The maximum Gasteiger partial charge on any atom is 0.321 e. The Morgan fingerprint density at radius 3 is 2.38 bits per heavy atom. The molecular formula is C21H24N4O4. The molecule has 1 atom stereocenters. The van der Waals surface area contributed by atoms with E-state index < -0.39 is 12.0 Å². The van der Waals surface area contributed by atoms with Crippen LogP contribution in [0.15, 0.2) is 53.1 Å². The lowest BCUT2D eigenvalue weighted by Crippen LogP contribution is -2.35. The molecule has 3 aromatic rings. The largest absolute Gasteiger partial charge is 0.480 e. The Bertz CT molecular complexity index is 938. The Morgan fingerprint density at radius 2 is 1.79 bits per heavy atom. The maximum atomic E-state index is 11.1. The van der Waals surface area contributed by atoms with E-state index in [4.69, 9.17) is 14.7 Å². The lowest BCUT2D eigenvalue weighted by molar-refractivity contribution is -0.139. The average Bonchev–Trinajstić information content (AvgIpc) is 3.23. The molecule has 0 aliphatic carbocycles. The van der Waals surface area contributed by atoms with Gasteiger partial charge in [0.2, 0.25) is 5.82 Å². The summed E-state index contributed by atoms with van der Waals surface area (Å²) >= 11 is 0. The molecule has 8 heteroatoms. The molecule has 0 radical (unpaired) electrons. The number of aromatic nitrogens is 2. The van der Waals surface area contributed by atoms with Crippen LogP contribution in [0, 0.1) is 0 Å². The lowest BCUT2D eigenvalue weighted by Gasteiger charge is -2.17. The average molecular weight is 396 g/mol. The van der Waals surface area contributed by atoms with Crippen molar-refractivity contribution >= 4 is 11.7 Å². The third-order valence-corrected chi connectivity index (χ3v) is 4.71. The van der Waals surface area contributed by atoms with Crippen LogP contribution < -0.4 is 10.2 Å². The first-order valence-corrected chi connectivity index (χ1v) is 9.27. The second-order valence-electron chi connectivity index (χ2n) is 6.70. The molecule has 0 saturated carbocycles. The number of nitrogens with one attached hydrogen (secondary N) is 1. The van der Waals surface area contributed by atoms with Crippen LogP contribution in [0.2, 0.25) is 0 Å². The van der Waals surface area contributed by atoms with E-state index in [1.54, 1.807) is 7.05 Å². The second-order valence-corrected chi connectivity index (χ2v) is 6.70. The zero-order chi connectivity index (χ0) is 20.8. The first-order valence-electron chi connectivity index (χ1n) is 9.27. The highest BCUT2D eigenvalue weighted by Crippen LogP contribution is 2.24. The van der Waals surface area contributed by atoms with Crippen LogP contribution in [-0.2, 0) is 11.2 Å². The molecule has 0 spiro atoms. The predicted octanol–water partition coefficient (Wildman–Crippen LogP) is 2.05. The number of nitrogens with zero attached hydrogens (tertiary/aromatic N) is 3. The molecule has 1 unspecified atom stereocenters. The Balaban J connectivity index is 1.72. The Kier molecular flexibility index (Phi) is 6.58. The number of anilines is 1. The molecule has 8 nitrogen and oxygen atoms in total. The summed E-state index contributed by atoms with van der Waals surface area (Å²) in [6.07, 6.45) is 0.390. The number of carbonyl (C=O) groups is 1. The van der Waals surface area contributed by atoms with E-state index in [-0.39, 0.29) is 6.61 Å². The number of hydrogen-bond donors (Lipinski definition) is 3. The maximum absolute atomic E-state index is 11.1. The number of aliphatic carboxylic acids is 1. The summed E-state index contributed by atoms with van der Waals surface area (Å²) in [6, 6.07) is 14.5. The number of rotatable bonds is 9. The van der Waals surface area contributed by atoms with Crippen LogP contribution >= 0.6 is 0 Å². The van der Waals surface area contributed by atoms with Gasteiger partial charge in [-0.25, -0.2) is 0 Å². The van der Waals surface area contributed by atoms with E-state index in [1.807, 2.05) is 60.5 Å². The second kappa shape index (κ2) is 9.31. The molecule has 0 aliphatic heterocycles. The SMILES string of the molecule is CNC(Cc1ccc(-c2noc(-c3ccc(N(C)CCO)cc3)n2)cc1)C(=O)O. The summed E-state index contributed by atoms with van der Waals surface area (Å²) in [4.78, 5) is 17.6. The zero-order valence-corrected chi connectivity index (χ0v) is 16.4. The topological polar surface area (TPSA) is 112 Å². The summed E-state index contributed by atoms with van der Waals surface area (Å²) in [5.74, 6) is 0.00551. The fraction of sp³-hybridized carbons (Fsp3) is 0.286. The number of likely N-dealkylation sites (N-methyl/N-ethyl adjacent to an activating group) is 2. The van der Waals surface area contributed by atoms with Crippen molar-refractivity contribution in [2.24, 2.45) is 0 Å². The minimum Gasteiger partial charge on any atom is -0.480 e. The molecule has 152 valence electrons. The highest BCUT2D eigenvalue weighted by Gasteiger charge is 2.16. The quantitative estimate of drug-likeness (QED) is 0.504. The van der Waals surface area contributed by atoms with Gasteiger partial charge in [-0.05, 0) is 43.3 Å². The van der Waals surface area contributed by atoms with Crippen LogP contribution in [0.25, 0.3) is 22.8 Å². The number of aliphatic hydroxyl groups excluding tert-OH is 1. The monoisotopic (exact) mass is 396 g/mol. The van der Waals surface area contributed by atoms with Crippen molar-refractivity contribution < 1.29 is 19.5 Å². The Morgan fingerprint density at radius 1 is 1.14 bits per heavy atom. The van der Waals surface area contributed by atoms with Gasteiger partial charge in [0, 0.05) is 30.4 Å². The summed E-state index contributed by atoms with van der Waals surface area (Å²) in [6.45, 7) is 0.650. The molecule has 0 saturated heterocycles. The lowest BCUT2D eigenvalue weighted by atomic mass is 10.0. The van der Waals surface area contributed by atoms with Gasteiger partial charge in [0.25, 0.3) is 5.89 Å². The molecule has 0 aliphatic rings. The molecule has 1 aromatic heterocycles. The minimum atomic E-state index is -0.882. The van der Waals surface area contributed by atoms with Crippen molar-refractivity contribution in [2.45, 2.75) is 12.5 Å². The minimum absolute atomic E-state index is 0.0932. The number of carboxylic acids is 1. The highest BCUT2D eigenvalue weighted by atomic mass is 16.5. The third kappa shape index (κ3) is 4.98. The van der Waals surface area contributed by atoms with E-state index in [0.29, 0.717) is 24.7 Å². The van der Waals surface area contributed by atoms with Gasteiger partial charge in [-0.3, -0.25) is 4.79 Å². The van der Waals surface area contributed by atoms with Crippen molar-refractivity contribution in [1.29, 1.82) is 0 Å². The van der Waals surface area contributed by atoms with Gasteiger partial charge in [-0.15, -0.1) is 0 Å². The van der Waals surface area contributed by atoms with Crippen LogP contribution in [0.5, 0.6) is 0 Å². The summed E-state index contributed by atoms with van der Waals surface area (Å²) in [5, 5.41) is 25.0. The normalized spacial score (nSPS) is 12.0. The van der Waals surface area contributed by atoms with Crippen LogP contribution in [0.3, 0.4) is 0 Å². The van der Waals surface area contributed by atoms with Gasteiger partial charge >= 0.3 is 5.97 Å². The van der Waals surface area contributed by atoms with Gasteiger partial charge < -0.3 is 25.0 Å². The van der Waals surface area contributed by atoms with E-state index in [0.717, 1.165) is 22.4 Å². The number of hydrogen-bond acceptors (Lipinski definition) is 7. The number of aliphatic hydroxyl groups is 1. The van der Waals surface area contributed by atoms with E-state index in [1.165, 1.54) is 0 Å². The molecule has 0 fully saturated rings. The summed E-state index contributed by atoms with van der Waals surface area (Å²) < 4.78 is 5.39. The smallest absolute Gasteiger partial charge is 0.321 e. The zero-order valence-electron chi connectivity index (χ0n) is 16.4. The number of carboxylic acid groups (broad SMARTS) is 1. The molecule has 1 heterocycles. The fourth-order valence-corrected chi connectivity index (χ4v) is 2.93. The molecule has 3 N–H and O–H groups in total. The first-order chi connectivity index (χ1) is 14.0. The van der Waals surface area contributed by atoms with Crippen molar-refractivity contribution in [3.8, 4) is 22.8 Å². The van der Waals surface area contributed by atoms with E-state index in [9.17, 15) is 4.79 Å². The third-order valence-electron chi connectivity index (χ3n) is 4.71. The van der Waals surface area contributed by atoms with E-state index >= 15 is 0 Å². The van der Waals surface area contributed by atoms with Crippen LogP contribution in [0.4, 0.5) is 5.69 Å². The van der Waals surface area contributed by atoms with Crippen LogP contribution in [0.1, 0.15) is 5.56 Å². The van der Waals surface area contributed by atoms with Crippen LogP contribution in [-0.4, -0.2) is 59.6 Å². The molecule has 3 rings (SSSR count). The van der Waals surface area contributed by atoms with Gasteiger partial charge in [-0.2, -0.15) is 4.98 Å². The van der Waals surface area contributed by atoms with Crippen molar-refractivity contribution in [1.82, 2.24) is 15.5 Å². The standard InChI is InChI=1S/C21H24N4O4/c1-22-18(21(27)28)13-14-3-5-15(6-4-14)19-23-20(29-24-19)16-7-9-17(10-8-16)25(2)11-12-26/h3-10,18,22,26H,11-13H2,1-2H3,(H,27,28). The van der Waals surface area contributed by atoms with Gasteiger partial charge in [0.15, 0.2) is 0 Å². The molecule has 0 bridgehead atoms. The summed E-state index contributed by atoms with van der Waals surface area (Å²) in [7, 11) is 3.54. The molecule has 0 amide bonds. The fourth-order valence-electron chi connectivity index (χ4n) is 2.93. The Hall–Kier alpha value is -3.23. The molecular weight excluding hydrogens is 372 g/mol. The van der Waals surface area contributed by atoms with Crippen molar-refractivity contribution in [3.05, 3.63) is 54.1 Å². The predicted molar refractivity (Wildman–Crippen MR) is 110 cm³/mol. The van der Waals surface area contributed by atoms with Gasteiger partial charge in [-0.1, -0.05) is 29.4 Å². The van der Waals surface area contributed by atoms with Gasteiger partial charge in [0.1, 0.15) is 6.04 Å². The molecule has 2 aromatic carbocycles. The van der Waals surface area contributed by atoms with Gasteiger partial charge in [0.05, 0.1) is 6.61 Å².